The molecule has 1 fully saturated rings. The lowest BCUT2D eigenvalue weighted by atomic mass is 9.78. The van der Waals surface area contributed by atoms with Gasteiger partial charge < -0.3 is 10.8 Å². The number of hydrogen-bond donors (Lipinski definition) is 2. The molecule has 4 heteroatoms. The number of hydrogen-bond acceptors (Lipinski definition) is 2. The third-order valence-corrected chi connectivity index (χ3v) is 4.72. The summed E-state index contributed by atoms with van der Waals surface area (Å²) in [6, 6.07) is 5.40. The summed E-state index contributed by atoms with van der Waals surface area (Å²) in [4.78, 5) is 0. The van der Waals surface area contributed by atoms with Crippen LogP contribution in [0.3, 0.4) is 0 Å². The fourth-order valence-electron chi connectivity index (χ4n) is 3.06. The van der Waals surface area contributed by atoms with Crippen LogP contribution in [0.2, 0.25) is 10.0 Å². The van der Waals surface area contributed by atoms with Crippen LogP contribution < -0.4 is 5.73 Å². The molecule has 0 spiro atoms. The van der Waals surface area contributed by atoms with Crippen molar-refractivity contribution in [1.29, 1.82) is 0 Å². The van der Waals surface area contributed by atoms with Gasteiger partial charge in [0.25, 0.3) is 0 Å². The highest BCUT2D eigenvalue weighted by atomic mass is 35.5. The average Bonchev–Trinajstić information content (AvgIpc) is 2.42. The second-order valence-electron chi connectivity index (χ2n) is 5.40. The summed E-state index contributed by atoms with van der Waals surface area (Å²) in [6.07, 6.45) is 5.44. The van der Waals surface area contributed by atoms with Gasteiger partial charge in [-0.3, -0.25) is 0 Å². The summed E-state index contributed by atoms with van der Waals surface area (Å²) in [5, 5.41) is 11.8. The molecule has 19 heavy (non-hydrogen) atoms. The summed E-state index contributed by atoms with van der Waals surface area (Å²) in [5.41, 5.74) is 6.78. The Labute approximate surface area is 124 Å². The smallest absolute Gasteiger partial charge is 0.0649 e. The van der Waals surface area contributed by atoms with Crippen molar-refractivity contribution in [2.24, 2.45) is 11.7 Å². The Morgan fingerprint density at radius 1 is 1.21 bits per heavy atom. The molecule has 0 aromatic heterocycles. The lowest BCUT2D eigenvalue weighted by molar-refractivity contribution is 0.0624. The molecule has 0 heterocycles. The van der Waals surface area contributed by atoms with Crippen molar-refractivity contribution in [1.82, 2.24) is 0 Å². The van der Waals surface area contributed by atoms with Crippen LogP contribution in [0.5, 0.6) is 0 Å². The Balaban J connectivity index is 2.18. The van der Waals surface area contributed by atoms with E-state index in [0.29, 0.717) is 22.5 Å². The van der Waals surface area contributed by atoms with Crippen LogP contribution in [0.15, 0.2) is 18.2 Å². The molecule has 2 nitrogen and oxygen atoms in total. The maximum absolute atomic E-state index is 10.6. The van der Waals surface area contributed by atoms with Gasteiger partial charge in [-0.15, -0.1) is 0 Å². The molecule has 0 bridgehead atoms. The molecule has 2 unspecified atom stereocenters. The second-order valence-corrected chi connectivity index (χ2v) is 6.24. The largest absolute Gasteiger partial charge is 0.392 e. The third-order valence-electron chi connectivity index (χ3n) is 4.16. The molecule has 0 saturated heterocycles. The number of halogens is 2. The zero-order valence-electron chi connectivity index (χ0n) is 11.0. The minimum absolute atomic E-state index is 0.104. The van der Waals surface area contributed by atoms with Gasteiger partial charge in [0.05, 0.1) is 6.10 Å². The molecular weight excluding hydrogens is 281 g/mol. The van der Waals surface area contributed by atoms with Gasteiger partial charge in [-0.1, -0.05) is 48.5 Å². The van der Waals surface area contributed by atoms with Gasteiger partial charge in [-0.05, 0) is 36.5 Å². The summed E-state index contributed by atoms with van der Waals surface area (Å²) in [5.74, 6) is 0.238. The highest BCUT2D eigenvalue weighted by Crippen LogP contribution is 2.36. The molecular formula is C15H21Cl2NO. The van der Waals surface area contributed by atoms with Crippen LogP contribution in [0.4, 0.5) is 0 Å². The lowest BCUT2D eigenvalue weighted by Gasteiger charge is -2.32. The summed E-state index contributed by atoms with van der Waals surface area (Å²) in [6.45, 7) is 0.402. The Kier molecular flexibility index (Phi) is 5.52. The molecule has 0 amide bonds. The van der Waals surface area contributed by atoms with Gasteiger partial charge >= 0.3 is 0 Å². The van der Waals surface area contributed by atoms with Crippen LogP contribution in [-0.2, 0) is 0 Å². The molecule has 1 aromatic rings. The first-order chi connectivity index (χ1) is 9.13. The quantitative estimate of drug-likeness (QED) is 0.884. The standard InChI is InChI=1S/C15H21Cl2NO/c16-11-6-7-12(14(17)8-11)13(9-18)15(19)10-4-2-1-3-5-10/h6-8,10,13,15,19H,1-5,9,18H2. The highest BCUT2D eigenvalue weighted by Gasteiger charge is 2.30. The number of aliphatic hydroxyl groups is 1. The first-order valence-corrected chi connectivity index (χ1v) is 7.72. The van der Waals surface area contributed by atoms with E-state index in [-0.39, 0.29) is 5.92 Å². The van der Waals surface area contributed by atoms with E-state index in [2.05, 4.69) is 0 Å². The zero-order chi connectivity index (χ0) is 13.8. The summed E-state index contributed by atoms with van der Waals surface area (Å²) >= 11 is 12.1. The van der Waals surface area contributed by atoms with E-state index in [1.807, 2.05) is 6.07 Å². The molecule has 0 radical (unpaired) electrons. The molecule has 1 saturated carbocycles. The van der Waals surface area contributed by atoms with E-state index in [0.717, 1.165) is 18.4 Å². The Morgan fingerprint density at radius 2 is 1.89 bits per heavy atom. The predicted octanol–water partition coefficient (Wildman–Crippen LogP) is 3.98. The van der Waals surface area contributed by atoms with E-state index in [1.165, 1.54) is 19.3 Å². The molecule has 0 aliphatic heterocycles. The molecule has 1 aliphatic carbocycles. The fourth-order valence-corrected chi connectivity index (χ4v) is 3.61. The molecule has 2 atom stereocenters. The van der Waals surface area contributed by atoms with Crippen LogP contribution in [-0.4, -0.2) is 17.8 Å². The van der Waals surface area contributed by atoms with Crippen molar-refractivity contribution in [3.8, 4) is 0 Å². The van der Waals surface area contributed by atoms with Gasteiger partial charge in [-0.2, -0.15) is 0 Å². The molecule has 106 valence electrons. The Hall–Kier alpha value is -0.280. The topological polar surface area (TPSA) is 46.2 Å². The predicted molar refractivity (Wildman–Crippen MR) is 80.8 cm³/mol. The van der Waals surface area contributed by atoms with Gasteiger partial charge in [0.2, 0.25) is 0 Å². The summed E-state index contributed by atoms with van der Waals surface area (Å²) < 4.78 is 0. The Bertz CT molecular complexity index is 419. The van der Waals surface area contributed by atoms with E-state index < -0.39 is 6.10 Å². The SMILES string of the molecule is NCC(c1ccc(Cl)cc1Cl)C(O)C1CCCCC1. The van der Waals surface area contributed by atoms with Crippen molar-refractivity contribution in [2.45, 2.75) is 44.1 Å². The first-order valence-electron chi connectivity index (χ1n) is 6.96. The first kappa shape index (κ1) is 15.1. The minimum atomic E-state index is -0.413. The number of aliphatic hydroxyl groups excluding tert-OH is 1. The lowest BCUT2D eigenvalue weighted by Crippen LogP contribution is -2.33. The van der Waals surface area contributed by atoms with Gasteiger partial charge in [-0.25, -0.2) is 0 Å². The van der Waals surface area contributed by atoms with Crippen LogP contribution in [0, 0.1) is 5.92 Å². The summed E-state index contributed by atoms with van der Waals surface area (Å²) in [7, 11) is 0. The maximum Gasteiger partial charge on any atom is 0.0649 e. The maximum atomic E-state index is 10.6. The van der Waals surface area contributed by atoms with E-state index in [9.17, 15) is 5.11 Å². The zero-order valence-corrected chi connectivity index (χ0v) is 12.5. The van der Waals surface area contributed by atoms with Crippen molar-refractivity contribution in [3.63, 3.8) is 0 Å². The number of nitrogens with two attached hydrogens (primary N) is 1. The molecule has 3 N–H and O–H groups in total. The van der Waals surface area contributed by atoms with Crippen molar-refractivity contribution >= 4 is 23.2 Å². The third kappa shape index (κ3) is 3.63. The van der Waals surface area contributed by atoms with E-state index in [4.69, 9.17) is 28.9 Å². The fraction of sp³-hybridized carbons (Fsp3) is 0.600. The molecule has 1 aromatic carbocycles. The van der Waals surface area contributed by atoms with Crippen molar-refractivity contribution < 1.29 is 5.11 Å². The van der Waals surface area contributed by atoms with E-state index in [1.54, 1.807) is 12.1 Å². The van der Waals surface area contributed by atoms with Crippen LogP contribution in [0.1, 0.15) is 43.6 Å². The van der Waals surface area contributed by atoms with E-state index >= 15 is 0 Å². The van der Waals surface area contributed by atoms with Crippen molar-refractivity contribution in [2.75, 3.05) is 6.54 Å². The monoisotopic (exact) mass is 301 g/mol. The number of benzene rings is 1. The van der Waals surface area contributed by atoms with Crippen LogP contribution >= 0.6 is 23.2 Å². The van der Waals surface area contributed by atoms with Gasteiger partial charge in [0.1, 0.15) is 0 Å². The van der Waals surface area contributed by atoms with Gasteiger partial charge in [0.15, 0.2) is 0 Å². The Morgan fingerprint density at radius 3 is 2.47 bits per heavy atom. The average molecular weight is 302 g/mol. The number of rotatable bonds is 4. The van der Waals surface area contributed by atoms with Crippen LogP contribution in [0.25, 0.3) is 0 Å². The highest BCUT2D eigenvalue weighted by molar-refractivity contribution is 6.35. The molecule has 2 rings (SSSR count). The molecule has 1 aliphatic rings. The minimum Gasteiger partial charge on any atom is -0.392 e. The normalized spacial score (nSPS) is 20.2. The van der Waals surface area contributed by atoms with Crippen molar-refractivity contribution in [3.05, 3.63) is 33.8 Å². The van der Waals surface area contributed by atoms with Gasteiger partial charge in [0, 0.05) is 22.5 Å². The second kappa shape index (κ2) is 6.94.